The summed E-state index contributed by atoms with van der Waals surface area (Å²) in [4.78, 5) is 42.2. The van der Waals surface area contributed by atoms with E-state index in [-0.39, 0.29) is 60.1 Å². The van der Waals surface area contributed by atoms with Crippen molar-refractivity contribution in [3.63, 3.8) is 0 Å². The van der Waals surface area contributed by atoms with E-state index in [0.717, 1.165) is 19.3 Å². The number of nitrogens with one attached hydrogen (secondary N) is 1. The zero-order chi connectivity index (χ0) is 27.3. The molecule has 8 heteroatoms. The average Bonchev–Trinajstić information content (AvgIpc) is 3.33. The lowest BCUT2D eigenvalue weighted by molar-refractivity contribution is -0.146. The van der Waals surface area contributed by atoms with Crippen LogP contribution in [0.4, 0.5) is 0 Å². The molecular weight excluding hydrogens is 446 g/mol. The third-order valence-corrected chi connectivity index (χ3v) is 7.13. The van der Waals surface area contributed by atoms with Gasteiger partial charge in [0.05, 0.1) is 36.6 Å². The highest BCUT2D eigenvalue weighted by molar-refractivity contribution is 5.80. The largest absolute Gasteiger partial charge is 0.379 e. The fourth-order valence-corrected chi connectivity index (χ4v) is 5.05. The number of hydrogen-bond donors (Lipinski definition) is 1. The molecular formula is C27H53N3O5. The number of carbonyl (C=O) groups excluding carboxylic acids is 3. The molecule has 1 fully saturated rings. The van der Waals surface area contributed by atoms with Crippen LogP contribution >= 0.6 is 0 Å². The standard InChI is InChI=1S/C25H47N3O5.C2H6/c1-10-17(4)23(27(7)21(29)14-16(2)3)20(32-8)15-22(30)28-13-11-12-19(28)24(33-9)18(5)25(31)26-6;1-2/h16-20,23-24H,10-15H2,1-9H3,(H,26,31);1-2H3/t17?,18?,19-,20?,23?,24?;/m0./s1. The highest BCUT2D eigenvalue weighted by atomic mass is 16.5. The first-order valence-electron chi connectivity index (χ1n) is 13.4. The van der Waals surface area contributed by atoms with Crippen molar-refractivity contribution in [1.29, 1.82) is 0 Å². The van der Waals surface area contributed by atoms with Gasteiger partial charge < -0.3 is 24.6 Å². The SMILES string of the molecule is CC.CCC(C)C(C(CC(=O)N1CCC[C@H]1C(OC)C(C)C(=O)NC)OC)N(C)C(=O)CC(C)C. The van der Waals surface area contributed by atoms with Crippen LogP contribution in [0.15, 0.2) is 0 Å². The van der Waals surface area contributed by atoms with Crippen molar-refractivity contribution in [3.05, 3.63) is 0 Å². The number of amides is 3. The lowest BCUT2D eigenvalue weighted by atomic mass is 9.90. The summed E-state index contributed by atoms with van der Waals surface area (Å²) in [5, 5.41) is 2.68. The summed E-state index contributed by atoms with van der Waals surface area (Å²) in [6.07, 6.45) is 2.41. The van der Waals surface area contributed by atoms with E-state index in [1.807, 2.05) is 46.6 Å². The van der Waals surface area contributed by atoms with Crippen molar-refractivity contribution < 1.29 is 23.9 Å². The van der Waals surface area contributed by atoms with Crippen molar-refractivity contribution in [2.75, 3.05) is 34.9 Å². The number of ether oxygens (including phenoxy) is 2. The Morgan fingerprint density at radius 1 is 1.06 bits per heavy atom. The Balaban J connectivity index is 0.00000562. The average molecular weight is 500 g/mol. The zero-order valence-electron chi connectivity index (χ0n) is 24.2. The maximum absolute atomic E-state index is 13.5. The summed E-state index contributed by atoms with van der Waals surface area (Å²) in [5.41, 5.74) is 0. The second-order valence-electron chi connectivity index (χ2n) is 9.86. The Bertz CT molecular complexity index is 642. The quantitative estimate of drug-likeness (QED) is 0.417. The number of methoxy groups -OCH3 is 2. The number of likely N-dealkylation sites (N-methyl/N-ethyl adjacent to an activating group) is 1. The molecule has 1 rings (SSSR count). The second-order valence-corrected chi connectivity index (χ2v) is 9.86. The molecule has 1 saturated heterocycles. The molecule has 0 aromatic carbocycles. The lowest BCUT2D eigenvalue weighted by Crippen LogP contribution is -2.53. The molecule has 0 bridgehead atoms. The van der Waals surface area contributed by atoms with E-state index in [4.69, 9.17) is 9.47 Å². The van der Waals surface area contributed by atoms with Gasteiger partial charge in [-0.15, -0.1) is 0 Å². The first-order valence-corrected chi connectivity index (χ1v) is 13.4. The predicted molar refractivity (Wildman–Crippen MR) is 141 cm³/mol. The molecule has 6 atom stereocenters. The van der Waals surface area contributed by atoms with Crippen LogP contribution in [-0.2, 0) is 23.9 Å². The summed E-state index contributed by atoms with van der Waals surface area (Å²) in [7, 11) is 6.64. The molecule has 8 nitrogen and oxygen atoms in total. The minimum absolute atomic E-state index is 0.0199. The Labute approximate surface area is 214 Å². The van der Waals surface area contributed by atoms with E-state index in [2.05, 4.69) is 19.2 Å². The van der Waals surface area contributed by atoms with Crippen LogP contribution in [0.25, 0.3) is 0 Å². The van der Waals surface area contributed by atoms with Gasteiger partial charge in [-0.1, -0.05) is 54.9 Å². The molecule has 1 aliphatic heterocycles. The highest BCUT2D eigenvalue weighted by Gasteiger charge is 2.41. The Morgan fingerprint density at radius 2 is 1.66 bits per heavy atom. The molecule has 0 saturated carbocycles. The molecule has 1 aliphatic rings. The molecule has 0 aliphatic carbocycles. The van der Waals surface area contributed by atoms with Gasteiger partial charge in [0.15, 0.2) is 0 Å². The number of rotatable bonds is 13. The Hall–Kier alpha value is -1.67. The lowest BCUT2D eigenvalue weighted by Gasteiger charge is -2.39. The van der Waals surface area contributed by atoms with E-state index < -0.39 is 6.10 Å². The van der Waals surface area contributed by atoms with Crippen LogP contribution < -0.4 is 5.32 Å². The molecule has 5 unspecified atom stereocenters. The van der Waals surface area contributed by atoms with Gasteiger partial charge in [0.1, 0.15) is 0 Å². The van der Waals surface area contributed by atoms with Crippen LogP contribution in [0.5, 0.6) is 0 Å². The highest BCUT2D eigenvalue weighted by Crippen LogP contribution is 2.29. The van der Waals surface area contributed by atoms with E-state index in [1.54, 1.807) is 26.2 Å². The number of carbonyl (C=O) groups is 3. The molecule has 0 aromatic heterocycles. The van der Waals surface area contributed by atoms with Crippen molar-refractivity contribution in [2.45, 2.75) is 105 Å². The summed E-state index contributed by atoms with van der Waals surface area (Å²) >= 11 is 0. The monoisotopic (exact) mass is 499 g/mol. The van der Waals surface area contributed by atoms with Gasteiger partial charge in [-0.05, 0) is 24.7 Å². The summed E-state index contributed by atoms with van der Waals surface area (Å²) in [6, 6.07) is -0.353. The summed E-state index contributed by atoms with van der Waals surface area (Å²) < 4.78 is 11.5. The molecule has 1 N–H and O–H groups in total. The molecule has 0 aromatic rings. The number of nitrogens with zero attached hydrogens (tertiary/aromatic N) is 2. The molecule has 206 valence electrons. The predicted octanol–water partition coefficient (Wildman–Crippen LogP) is 3.73. The van der Waals surface area contributed by atoms with Crippen molar-refractivity contribution in [3.8, 4) is 0 Å². The number of likely N-dealkylation sites (tertiary alicyclic amines) is 1. The van der Waals surface area contributed by atoms with E-state index in [1.165, 1.54) is 0 Å². The second kappa shape index (κ2) is 16.9. The third-order valence-electron chi connectivity index (χ3n) is 7.13. The van der Waals surface area contributed by atoms with Gasteiger partial charge in [0, 0.05) is 41.3 Å². The molecule has 1 heterocycles. The summed E-state index contributed by atoms with van der Waals surface area (Å²) in [6.45, 7) is 14.7. The van der Waals surface area contributed by atoms with Crippen LogP contribution in [0.3, 0.4) is 0 Å². The fraction of sp³-hybridized carbons (Fsp3) is 0.889. The molecule has 0 spiro atoms. The van der Waals surface area contributed by atoms with Crippen LogP contribution in [0, 0.1) is 17.8 Å². The van der Waals surface area contributed by atoms with Gasteiger partial charge in [-0.25, -0.2) is 0 Å². The third kappa shape index (κ3) is 9.37. The van der Waals surface area contributed by atoms with E-state index in [0.29, 0.717) is 13.0 Å². The first-order chi connectivity index (χ1) is 16.5. The van der Waals surface area contributed by atoms with E-state index >= 15 is 0 Å². The maximum atomic E-state index is 13.5. The van der Waals surface area contributed by atoms with Gasteiger partial charge in [0.2, 0.25) is 17.7 Å². The minimum atomic E-state index is -0.410. The topological polar surface area (TPSA) is 88.2 Å². The Kier molecular flexibility index (Phi) is 16.1. The van der Waals surface area contributed by atoms with Gasteiger partial charge in [-0.2, -0.15) is 0 Å². The van der Waals surface area contributed by atoms with Crippen LogP contribution in [-0.4, -0.2) is 86.7 Å². The zero-order valence-corrected chi connectivity index (χ0v) is 24.2. The molecule has 3 amide bonds. The molecule has 35 heavy (non-hydrogen) atoms. The van der Waals surface area contributed by atoms with E-state index in [9.17, 15) is 14.4 Å². The van der Waals surface area contributed by atoms with Crippen molar-refractivity contribution in [1.82, 2.24) is 15.1 Å². The Morgan fingerprint density at radius 3 is 2.11 bits per heavy atom. The fourth-order valence-electron chi connectivity index (χ4n) is 5.05. The van der Waals surface area contributed by atoms with Crippen LogP contribution in [0.2, 0.25) is 0 Å². The smallest absolute Gasteiger partial charge is 0.225 e. The van der Waals surface area contributed by atoms with Gasteiger partial charge >= 0.3 is 0 Å². The van der Waals surface area contributed by atoms with Gasteiger partial charge in [-0.3, -0.25) is 14.4 Å². The normalized spacial score (nSPS) is 19.8. The number of hydrogen-bond acceptors (Lipinski definition) is 5. The van der Waals surface area contributed by atoms with Crippen molar-refractivity contribution in [2.24, 2.45) is 17.8 Å². The minimum Gasteiger partial charge on any atom is -0.379 e. The van der Waals surface area contributed by atoms with Crippen LogP contribution in [0.1, 0.15) is 80.6 Å². The maximum Gasteiger partial charge on any atom is 0.225 e. The summed E-state index contributed by atoms with van der Waals surface area (Å²) in [5.74, 6) is 0.0237. The first kappa shape index (κ1) is 33.3. The van der Waals surface area contributed by atoms with Crippen molar-refractivity contribution >= 4 is 17.7 Å². The van der Waals surface area contributed by atoms with Gasteiger partial charge in [0.25, 0.3) is 0 Å². The molecule has 0 radical (unpaired) electrons.